The standard InChI is InChI=1S/C14H19FN2O4/c1-13(2,3)21-12(20)17(5)14(4,11(18)19)10-7-6-9(15)8-16-10/h6-8H,1-5H3,(H,18,19). The van der Waals surface area contributed by atoms with Gasteiger partial charge < -0.3 is 9.84 Å². The monoisotopic (exact) mass is 298 g/mol. The first-order valence-electron chi connectivity index (χ1n) is 6.30. The van der Waals surface area contributed by atoms with E-state index in [0.717, 1.165) is 17.2 Å². The fourth-order valence-corrected chi connectivity index (χ4v) is 1.60. The molecule has 0 aliphatic rings. The lowest BCUT2D eigenvalue weighted by molar-refractivity contribution is -0.150. The molecule has 0 saturated heterocycles. The van der Waals surface area contributed by atoms with E-state index in [0.29, 0.717) is 0 Å². The first-order chi connectivity index (χ1) is 9.48. The molecule has 7 heteroatoms. The van der Waals surface area contributed by atoms with Gasteiger partial charge in [-0.2, -0.15) is 0 Å². The number of carbonyl (C=O) groups is 2. The van der Waals surface area contributed by atoms with Gasteiger partial charge in [0.1, 0.15) is 11.4 Å². The average molecular weight is 298 g/mol. The summed E-state index contributed by atoms with van der Waals surface area (Å²) in [6.45, 7) is 6.33. The molecular weight excluding hydrogens is 279 g/mol. The number of likely N-dealkylation sites (N-methyl/N-ethyl adjacent to an activating group) is 1. The van der Waals surface area contributed by atoms with E-state index in [1.807, 2.05) is 0 Å². The van der Waals surface area contributed by atoms with Crippen molar-refractivity contribution in [1.29, 1.82) is 0 Å². The van der Waals surface area contributed by atoms with Gasteiger partial charge in [-0.1, -0.05) is 0 Å². The fourth-order valence-electron chi connectivity index (χ4n) is 1.60. The van der Waals surface area contributed by atoms with Gasteiger partial charge in [-0.25, -0.2) is 14.0 Å². The SMILES string of the molecule is CN(C(=O)OC(C)(C)C)C(C)(C(=O)O)c1ccc(F)cn1. The van der Waals surface area contributed by atoms with Crippen LogP contribution in [0.15, 0.2) is 18.3 Å². The minimum Gasteiger partial charge on any atom is -0.479 e. The van der Waals surface area contributed by atoms with Gasteiger partial charge in [-0.05, 0) is 39.8 Å². The van der Waals surface area contributed by atoms with E-state index >= 15 is 0 Å². The van der Waals surface area contributed by atoms with Crippen LogP contribution in [0.4, 0.5) is 9.18 Å². The minimum absolute atomic E-state index is 0.0322. The second-order valence-corrected chi connectivity index (χ2v) is 5.78. The van der Waals surface area contributed by atoms with Crippen LogP contribution < -0.4 is 0 Å². The second kappa shape index (κ2) is 5.67. The third-order valence-corrected chi connectivity index (χ3v) is 2.98. The molecule has 0 aliphatic carbocycles. The van der Waals surface area contributed by atoms with Crippen molar-refractivity contribution in [2.45, 2.75) is 38.8 Å². The number of halogens is 1. The molecule has 0 radical (unpaired) electrons. The van der Waals surface area contributed by atoms with Gasteiger partial charge in [0, 0.05) is 7.05 Å². The molecule has 1 heterocycles. The first kappa shape index (κ1) is 16.9. The van der Waals surface area contributed by atoms with Crippen molar-refractivity contribution in [3.05, 3.63) is 29.8 Å². The Morgan fingerprint density at radius 2 is 1.86 bits per heavy atom. The highest BCUT2D eigenvalue weighted by atomic mass is 19.1. The Morgan fingerprint density at radius 1 is 1.29 bits per heavy atom. The number of hydrogen-bond donors (Lipinski definition) is 1. The highest BCUT2D eigenvalue weighted by Crippen LogP contribution is 2.27. The van der Waals surface area contributed by atoms with E-state index in [2.05, 4.69) is 4.98 Å². The number of carbonyl (C=O) groups excluding carboxylic acids is 1. The van der Waals surface area contributed by atoms with Crippen LogP contribution in [0.3, 0.4) is 0 Å². The minimum atomic E-state index is -1.77. The number of carboxylic acids is 1. The van der Waals surface area contributed by atoms with Crippen LogP contribution in [0, 0.1) is 5.82 Å². The Hall–Kier alpha value is -2.18. The van der Waals surface area contributed by atoms with Crippen LogP contribution in [0.25, 0.3) is 0 Å². The van der Waals surface area contributed by atoms with E-state index in [1.54, 1.807) is 20.8 Å². The zero-order valence-electron chi connectivity index (χ0n) is 12.7. The second-order valence-electron chi connectivity index (χ2n) is 5.78. The van der Waals surface area contributed by atoms with Crippen LogP contribution in [0.2, 0.25) is 0 Å². The highest BCUT2D eigenvalue weighted by molar-refractivity contribution is 5.84. The van der Waals surface area contributed by atoms with Crippen molar-refractivity contribution in [3.63, 3.8) is 0 Å². The average Bonchev–Trinajstić information content (AvgIpc) is 2.35. The predicted octanol–water partition coefficient (Wildman–Crippen LogP) is 2.39. The summed E-state index contributed by atoms with van der Waals surface area (Å²) in [5, 5.41) is 9.49. The van der Waals surface area contributed by atoms with Crippen molar-refractivity contribution >= 4 is 12.1 Å². The number of pyridine rings is 1. The van der Waals surface area contributed by atoms with Crippen LogP contribution in [0.1, 0.15) is 33.4 Å². The zero-order chi connectivity index (χ0) is 16.4. The topological polar surface area (TPSA) is 79.7 Å². The molecule has 1 unspecified atom stereocenters. The molecule has 6 nitrogen and oxygen atoms in total. The first-order valence-corrected chi connectivity index (χ1v) is 6.30. The number of hydrogen-bond acceptors (Lipinski definition) is 4. The van der Waals surface area contributed by atoms with Gasteiger partial charge in [0.15, 0.2) is 5.54 Å². The Bertz CT molecular complexity index is 539. The summed E-state index contributed by atoms with van der Waals surface area (Å²) < 4.78 is 18.1. The van der Waals surface area contributed by atoms with Crippen molar-refractivity contribution < 1.29 is 23.8 Å². The molecule has 116 valence electrons. The van der Waals surface area contributed by atoms with Crippen LogP contribution >= 0.6 is 0 Å². The Morgan fingerprint density at radius 3 is 2.24 bits per heavy atom. The lowest BCUT2D eigenvalue weighted by atomic mass is 9.95. The van der Waals surface area contributed by atoms with E-state index < -0.39 is 29.0 Å². The number of carboxylic acid groups (broad SMARTS) is 1. The van der Waals surface area contributed by atoms with Gasteiger partial charge >= 0.3 is 12.1 Å². The van der Waals surface area contributed by atoms with Gasteiger partial charge in [0.25, 0.3) is 0 Å². The predicted molar refractivity (Wildman–Crippen MR) is 73.2 cm³/mol. The van der Waals surface area contributed by atoms with Crippen molar-refractivity contribution in [3.8, 4) is 0 Å². The normalized spacial score (nSPS) is 14.2. The van der Waals surface area contributed by atoms with E-state index in [9.17, 15) is 19.1 Å². The maximum Gasteiger partial charge on any atom is 0.411 e. The van der Waals surface area contributed by atoms with Crippen molar-refractivity contribution in [1.82, 2.24) is 9.88 Å². The summed E-state index contributed by atoms with van der Waals surface area (Å²) in [5.41, 5.74) is -2.50. The molecule has 1 amide bonds. The maximum absolute atomic E-state index is 12.9. The smallest absolute Gasteiger partial charge is 0.411 e. The molecule has 1 aromatic rings. The Kier molecular flexibility index (Phi) is 4.56. The Balaban J connectivity index is 3.19. The van der Waals surface area contributed by atoms with E-state index in [4.69, 9.17) is 4.74 Å². The Labute approximate surface area is 122 Å². The largest absolute Gasteiger partial charge is 0.479 e. The molecule has 0 saturated carbocycles. The summed E-state index contributed by atoms with van der Waals surface area (Å²) in [7, 11) is 1.30. The molecule has 0 aromatic carbocycles. The van der Waals surface area contributed by atoms with Crippen molar-refractivity contribution in [2.75, 3.05) is 7.05 Å². The molecule has 0 aliphatic heterocycles. The molecule has 21 heavy (non-hydrogen) atoms. The number of aromatic nitrogens is 1. The maximum atomic E-state index is 12.9. The molecule has 0 bridgehead atoms. The molecule has 0 spiro atoms. The van der Waals surface area contributed by atoms with E-state index in [1.165, 1.54) is 20.0 Å². The summed E-state index contributed by atoms with van der Waals surface area (Å²) in [6, 6.07) is 2.32. The summed E-state index contributed by atoms with van der Waals surface area (Å²) in [4.78, 5) is 28.4. The molecular formula is C14H19FN2O4. The number of nitrogens with zero attached hydrogens (tertiary/aromatic N) is 2. The van der Waals surface area contributed by atoms with Crippen LogP contribution in [-0.2, 0) is 15.1 Å². The molecule has 1 atom stereocenters. The summed E-state index contributed by atoms with van der Waals surface area (Å²) >= 11 is 0. The van der Waals surface area contributed by atoms with E-state index in [-0.39, 0.29) is 5.69 Å². The third kappa shape index (κ3) is 3.68. The van der Waals surface area contributed by atoms with Gasteiger partial charge in [0.2, 0.25) is 0 Å². The third-order valence-electron chi connectivity index (χ3n) is 2.98. The molecule has 1 N–H and O–H groups in total. The number of amides is 1. The summed E-state index contributed by atoms with van der Waals surface area (Å²) in [6.07, 6.45) is 0.0953. The number of ether oxygens (including phenoxy) is 1. The van der Waals surface area contributed by atoms with Gasteiger partial charge in [-0.3, -0.25) is 9.88 Å². The lowest BCUT2D eigenvalue weighted by Crippen LogP contribution is -2.52. The fraction of sp³-hybridized carbons (Fsp3) is 0.500. The van der Waals surface area contributed by atoms with Crippen LogP contribution in [0.5, 0.6) is 0 Å². The molecule has 1 rings (SSSR count). The van der Waals surface area contributed by atoms with Gasteiger partial charge in [-0.15, -0.1) is 0 Å². The number of rotatable bonds is 3. The molecule has 0 fully saturated rings. The van der Waals surface area contributed by atoms with Crippen molar-refractivity contribution in [2.24, 2.45) is 0 Å². The van der Waals surface area contributed by atoms with Crippen LogP contribution in [-0.4, -0.2) is 39.7 Å². The molecule has 1 aromatic heterocycles. The zero-order valence-corrected chi connectivity index (χ0v) is 12.7. The number of aliphatic carboxylic acids is 1. The summed E-state index contributed by atoms with van der Waals surface area (Å²) in [5.74, 6) is -1.89. The highest BCUT2D eigenvalue weighted by Gasteiger charge is 2.45. The quantitative estimate of drug-likeness (QED) is 0.926. The lowest BCUT2D eigenvalue weighted by Gasteiger charge is -2.35. The van der Waals surface area contributed by atoms with Gasteiger partial charge in [0.05, 0.1) is 11.9 Å².